The summed E-state index contributed by atoms with van der Waals surface area (Å²) in [4.78, 5) is 37.5. The molecule has 2 amide bonds. The van der Waals surface area contributed by atoms with Gasteiger partial charge in [0, 0.05) is 17.8 Å². The van der Waals surface area contributed by atoms with Crippen LogP contribution < -0.4 is 10.6 Å². The molecule has 150 valence electrons. The fourth-order valence-corrected chi connectivity index (χ4v) is 4.57. The highest BCUT2D eigenvalue weighted by molar-refractivity contribution is 7.16. The molecule has 0 unspecified atom stereocenters. The molecular weight excluding hydrogens is 364 g/mol. The molecule has 1 fully saturated rings. The minimum Gasteiger partial charge on any atom is -0.449 e. The minimum atomic E-state index is -0.897. The number of ether oxygens (including phenoxy) is 1. The van der Waals surface area contributed by atoms with E-state index in [1.54, 1.807) is 6.92 Å². The Bertz CT molecular complexity index is 728. The molecule has 0 saturated heterocycles. The highest BCUT2D eigenvalue weighted by Gasteiger charge is 2.31. The Kier molecular flexibility index (Phi) is 7.03. The molecule has 2 N–H and O–H groups in total. The topological polar surface area (TPSA) is 84.5 Å². The van der Waals surface area contributed by atoms with Crippen LogP contribution in [0.3, 0.4) is 0 Å². The van der Waals surface area contributed by atoms with Gasteiger partial charge in [0.05, 0.1) is 5.56 Å². The Morgan fingerprint density at radius 2 is 1.85 bits per heavy atom. The number of anilines is 1. The van der Waals surface area contributed by atoms with Gasteiger partial charge >= 0.3 is 5.97 Å². The molecule has 1 aliphatic rings. The first kappa shape index (κ1) is 21.4. The van der Waals surface area contributed by atoms with Crippen molar-refractivity contribution in [2.24, 2.45) is 11.8 Å². The molecule has 4 atom stereocenters. The molecule has 0 aromatic carbocycles. The summed E-state index contributed by atoms with van der Waals surface area (Å²) in [5.74, 6) is -0.151. The number of thiophene rings is 1. The zero-order chi connectivity index (χ0) is 20.3. The molecule has 27 heavy (non-hydrogen) atoms. The van der Waals surface area contributed by atoms with E-state index < -0.39 is 12.1 Å². The molecule has 1 aromatic rings. The Morgan fingerprint density at radius 3 is 2.48 bits per heavy atom. The molecule has 0 bridgehead atoms. The van der Waals surface area contributed by atoms with Gasteiger partial charge in [0.15, 0.2) is 6.10 Å². The van der Waals surface area contributed by atoms with Gasteiger partial charge in [0.25, 0.3) is 5.91 Å². The molecule has 2 rings (SSSR count). The number of nitrogens with one attached hydrogen (secondary N) is 2. The smallest absolute Gasteiger partial charge is 0.342 e. The third-order valence-corrected chi connectivity index (χ3v) is 6.69. The largest absolute Gasteiger partial charge is 0.449 e. The van der Waals surface area contributed by atoms with Crippen molar-refractivity contribution in [3.63, 3.8) is 0 Å². The average Bonchev–Trinajstić information content (AvgIpc) is 2.85. The van der Waals surface area contributed by atoms with Crippen LogP contribution in [0.2, 0.25) is 0 Å². The maximum Gasteiger partial charge on any atom is 0.342 e. The normalized spacial score (nSPS) is 23.4. The number of rotatable bonds is 5. The Balaban J connectivity index is 2.05. The lowest BCUT2D eigenvalue weighted by Crippen LogP contribution is -2.47. The van der Waals surface area contributed by atoms with Crippen molar-refractivity contribution in [3.05, 3.63) is 16.0 Å². The molecule has 0 spiro atoms. The second kappa shape index (κ2) is 8.87. The molecule has 0 radical (unpaired) electrons. The quantitative estimate of drug-likeness (QED) is 0.744. The summed E-state index contributed by atoms with van der Waals surface area (Å²) in [5, 5.41) is 6.17. The van der Waals surface area contributed by atoms with Crippen LogP contribution in [-0.4, -0.2) is 29.9 Å². The van der Waals surface area contributed by atoms with Crippen LogP contribution >= 0.6 is 11.3 Å². The fraction of sp³-hybridized carbons (Fsp3) is 0.650. The van der Waals surface area contributed by atoms with Crippen LogP contribution in [0.4, 0.5) is 5.00 Å². The van der Waals surface area contributed by atoms with Crippen molar-refractivity contribution in [2.45, 2.75) is 73.0 Å². The molecule has 1 heterocycles. The number of hydrogen-bond acceptors (Lipinski definition) is 5. The molecule has 1 saturated carbocycles. The van der Waals surface area contributed by atoms with E-state index in [0.717, 1.165) is 23.3 Å². The van der Waals surface area contributed by atoms with Gasteiger partial charge in [0.2, 0.25) is 5.91 Å². The van der Waals surface area contributed by atoms with Gasteiger partial charge in [-0.15, -0.1) is 11.3 Å². The summed E-state index contributed by atoms with van der Waals surface area (Å²) in [5.41, 5.74) is 1.09. The highest BCUT2D eigenvalue weighted by Crippen LogP contribution is 2.33. The van der Waals surface area contributed by atoms with E-state index in [9.17, 15) is 14.4 Å². The van der Waals surface area contributed by atoms with Crippen molar-refractivity contribution < 1.29 is 19.1 Å². The van der Waals surface area contributed by atoms with Crippen molar-refractivity contribution in [1.29, 1.82) is 0 Å². The summed E-state index contributed by atoms with van der Waals surface area (Å²) in [6.45, 7) is 11.0. The van der Waals surface area contributed by atoms with Crippen molar-refractivity contribution >= 4 is 34.1 Å². The van der Waals surface area contributed by atoms with Gasteiger partial charge in [-0.05, 0) is 44.6 Å². The van der Waals surface area contributed by atoms with Gasteiger partial charge in [-0.25, -0.2) is 4.79 Å². The van der Waals surface area contributed by atoms with Crippen LogP contribution in [0.25, 0.3) is 0 Å². The lowest BCUT2D eigenvalue weighted by atomic mass is 9.78. The summed E-state index contributed by atoms with van der Waals surface area (Å²) in [7, 11) is 0. The van der Waals surface area contributed by atoms with E-state index in [-0.39, 0.29) is 17.9 Å². The Hall–Kier alpha value is -1.89. The van der Waals surface area contributed by atoms with E-state index in [0.29, 0.717) is 22.4 Å². The number of esters is 1. The zero-order valence-corrected chi connectivity index (χ0v) is 17.8. The summed E-state index contributed by atoms with van der Waals surface area (Å²) in [6, 6.07) is 0.113. The van der Waals surface area contributed by atoms with Crippen molar-refractivity contribution in [3.8, 4) is 0 Å². The molecule has 1 aliphatic carbocycles. The van der Waals surface area contributed by atoms with E-state index >= 15 is 0 Å². The first-order valence-corrected chi connectivity index (χ1v) is 10.3. The minimum absolute atomic E-state index is 0.113. The Morgan fingerprint density at radius 1 is 1.19 bits per heavy atom. The monoisotopic (exact) mass is 394 g/mol. The van der Waals surface area contributed by atoms with Gasteiger partial charge in [-0.1, -0.05) is 26.7 Å². The predicted molar refractivity (Wildman–Crippen MR) is 107 cm³/mol. The first-order valence-electron chi connectivity index (χ1n) is 9.50. The summed E-state index contributed by atoms with van der Waals surface area (Å²) >= 11 is 1.33. The van der Waals surface area contributed by atoms with Gasteiger partial charge in [-0.3, -0.25) is 9.59 Å². The summed E-state index contributed by atoms with van der Waals surface area (Å²) in [6.07, 6.45) is 2.33. The predicted octanol–water partition coefficient (Wildman–Crippen LogP) is 3.81. The standard InChI is InChI=1S/C20H30N2O4S/c1-10-8-7-9-16(11(10)2)22-18(24)13(4)26-20(25)17-12(3)14(5)27-19(17)21-15(6)23/h10-11,13,16H,7-9H2,1-6H3,(H,21,23)(H,22,24)/t10-,11-,13+,16+/m0/s1. The number of carbonyl (C=O) groups excluding carboxylic acids is 3. The highest BCUT2D eigenvalue weighted by atomic mass is 32.1. The van der Waals surface area contributed by atoms with E-state index in [2.05, 4.69) is 24.5 Å². The lowest BCUT2D eigenvalue weighted by molar-refractivity contribution is -0.130. The first-order chi connectivity index (χ1) is 12.6. The van der Waals surface area contributed by atoms with Crippen LogP contribution in [0.5, 0.6) is 0 Å². The van der Waals surface area contributed by atoms with Crippen molar-refractivity contribution in [1.82, 2.24) is 5.32 Å². The molecular formula is C20H30N2O4S. The summed E-state index contributed by atoms with van der Waals surface area (Å²) < 4.78 is 5.42. The van der Waals surface area contributed by atoms with Gasteiger partial charge in [-0.2, -0.15) is 0 Å². The molecule has 6 nitrogen and oxygen atoms in total. The Labute approximate surface area is 165 Å². The van der Waals surface area contributed by atoms with Crippen molar-refractivity contribution in [2.75, 3.05) is 5.32 Å². The maximum atomic E-state index is 12.7. The molecule has 0 aliphatic heterocycles. The fourth-order valence-electron chi connectivity index (χ4n) is 3.48. The molecule has 7 heteroatoms. The second-order valence-electron chi connectivity index (χ2n) is 7.60. The number of hydrogen-bond donors (Lipinski definition) is 2. The van der Waals surface area contributed by atoms with E-state index in [1.807, 2.05) is 13.8 Å². The van der Waals surface area contributed by atoms with Gasteiger partial charge < -0.3 is 15.4 Å². The van der Waals surface area contributed by atoms with Gasteiger partial charge in [0.1, 0.15) is 5.00 Å². The van der Waals surface area contributed by atoms with Crippen LogP contribution in [-0.2, 0) is 14.3 Å². The number of amides is 2. The van der Waals surface area contributed by atoms with Crippen LogP contribution in [0, 0.1) is 25.7 Å². The third kappa shape index (κ3) is 5.09. The second-order valence-corrected chi connectivity index (χ2v) is 8.82. The van der Waals surface area contributed by atoms with E-state index in [4.69, 9.17) is 4.74 Å². The molecule has 1 aromatic heterocycles. The SMILES string of the molecule is CC(=O)Nc1sc(C)c(C)c1C(=O)O[C@H](C)C(=O)N[C@@H]1CCC[C@H](C)[C@@H]1C. The average molecular weight is 395 g/mol. The number of aryl methyl sites for hydroxylation is 1. The van der Waals surface area contributed by atoms with Crippen LogP contribution in [0.1, 0.15) is 67.8 Å². The third-order valence-electron chi connectivity index (χ3n) is 5.57. The lowest BCUT2D eigenvalue weighted by Gasteiger charge is -2.35. The maximum absolute atomic E-state index is 12.7. The zero-order valence-electron chi connectivity index (χ0n) is 17.0. The number of carbonyl (C=O) groups is 3. The van der Waals surface area contributed by atoms with Crippen LogP contribution in [0.15, 0.2) is 0 Å². The van der Waals surface area contributed by atoms with E-state index in [1.165, 1.54) is 24.7 Å².